The summed E-state index contributed by atoms with van der Waals surface area (Å²) in [7, 11) is 0. The third kappa shape index (κ3) is 4.31. The lowest BCUT2D eigenvalue weighted by atomic mass is 10.1. The number of benzene rings is 2. The van der Waals surface area contributed by atoms with Gasteiger partial charge in [-0.3, -0.25) is 9.78 Å². The maximum absolute atomic E-state index is 12.9. The standard InChI is InChI=1S/C23H24N2O3/c26-23(22-21-9-5-4-6-18(21)10-13-24-22)25-14-11-20(12-15-25)28-17-16-27-19-7-2-1-3-8-19/h1-10,13,20H,11-12,14-17H2. The molecule has 1 saturated heterocycles. The minimum absolute atomic E-state index is 0.00246. The first-order valence-corrected chi connectivity index (χ1v) is 9.74. The summed E-state index contributed by atoms with van der Waals surface area (Å²) < 4.78 is 11.6. The predicted molar refractivity (Wildman–Crippen MR) is 109 cm³/mol. The molecule has 0 spiro atoms. The number of fused-ring (bicyclic) bond motifs is 1. The Morgan fingerprint density at radius 3 is 2.54 bits per heavy atom. The van der Waals surface area contributed by atoms with Gasteiger partial charge in [0.25, 0.3) is 5.91 Å². The van der Waals surface area contributed by atoms with Crippen LogP contribution in [0.25, 0.3) is 10.8 Å². The lowest BCUT2D eigenvalue weighted by Crippen LogP contribution is -2.41. The molecule has 1 fully saturated rings. The van der Waals surface area contributed by atoms with Crippen molar-refractivity contribution in [2.75, 3.05) is 26.3 Å². The molecular weight excluding hydrogens is 352 g/mol. The number of hydrogen-bond donors (Lipinski definition) is 0. The molecule has 0 aliphatic carbocycles. The summed E-state index contributed by atoms with van der Waals surface area (Å²) in [6, 6.07) is 19.6. The summed E-state index contributed by atoms with van der Waals surface area (Å²) in [6.07, 6.45) is 3.55. The Kier molecular flexibility index (Phi) is 5.83. The molecule has 1 aliphatic rings. The third-order valence-corrected chi connectivity index (χ3v) is 5.05. The third-order valence-electron chi connectivity index (χ3n) is 5.05. The van der Waals surface area contributed by atoms with Crippen LogP contribution >= 0.6 is 0 Å². The van der Waals surface area contributed by atoms with Crippen LogP contribution in [-0.2, 0) is 4.74 Å². The quantitative estimate of drug-likeness (QED) is 0.612. The average Bonchev–Trinajstić information content (AvgIpc) is 2.77. The van der Waals surface area contributed by atoms with Crippen LogP contribution in [-0.4, -0.2) is 48.2 Å². The fourth-order valence-electron chi connectivity index (χ4n) is 3.56. The number of amides is 1. The van der Waals surface area contributed by atoms with Crippen molar-refractivity contribution in [1.82, 2.24) is 9.88 Å². The molecule has 0 saturated carbocycles. The van der Waals surface area contributed by atoms with Crippen molar-refractivity contribution < 1.29 is 14.3 Å². The van der Waals surface area contributed by atoms with Gasteiger partial charge in [0.05, 0.1) is 12.7 Å². The second-order valence-corrected chi connectivity index (χ2v) is 6.90. The topological polar surface area (TPSA) is 51.7 Å². The van der Waals surface area contributed by atoms with Crippen LogP contribution in [0, 0.1) is 0 Å². The smallest absolute Gasteiger partial charge is 0.273 e. The van der Waals surface area contributed by atoms with E-state index in [9.17, 15) is 4.79 Å². The minimum atomic E-state index is 0.00246. The second kappa shape index (κ2) is 8.85. The second-order valence-electron chi connectivity index (χ2n) is 6.90. The van der Waals surface area contributed by atoms with Crippen LogP contribution in [0.2, 0.25) is 0 Å². The van der Waals surface area contributed by atoms with E-state index in [2.05, 4.69) is 4.98 Å². The Hall–Kier alpha value is -2.92. The molecule has 4 rings (SSSR count). The first-order valence-electron chi connectivity index (χ1n) is 9.74. The van der Waals surface area contributed by atoms with Gasteiger partial charge in [-0.25, -0.2) is 0 Å². The molecule has 28 heavy (non-hydrogen) atoms. The van der Waals surface area contributed by atoms with E-state index in [4.69, 9.17) is 9.47 Å². The van der Waals surface area contributed by atoms with Crippen molar-refractivity contribution >= 4 is 16.7 Å². The zero-order valence-electron chi connectivity index (χ0n) is 15.8. The number of pyridine rings is 1. The Labute approximate surface area is 164 Å². The zero-order chi connectivity index (χ0) is 19.2. The van der Waals surface area contributed by atoms with Crippen LogP contribution in [0.1, 0.15) is 23.3 Å². The monoisotopic (exact) mass is 376 g/mol. The van der Waals surface area contributed by atoms with E-state index in [0.717, 1.165) is 29.4 Å². The highest BCUT2D eigenvalue weighted by Crippen LogP contribution is 2.21. The summed E-state index contributed by atoms with van der Waals surface area (Å²) in [6.45, 7) is 2.46. The Morgan fingerprint density at radius 2 is 1.71 bits per heavy atom. The average molecular weight is 376 g/mol. The summed E-state index contributed by atoms with van der Waals surface area (Å²) in [5.74, 6) is 0.858. The Morgan fingerprint density at radius 1 is 0.964 bits per heavy atom. The van der Waals surface area contributed by atoms with E-state index in [0.29, 0.717) is 32.0 Å². The fraction of sp³-hybridized carbons (Fsp3) is 0.304. The number of carbonyl (C=O) groups is 1. The fourth-order valence-corrected chi connectivity index (χ4v) is 3.56. The van der Waals surface area contributed by atoms with Gasteiger partial charge in [-0.15, -0.1) is 0 Å². The first kappa shape index (κ1) is 18.4. The number of rotatable bonds is 6. The Bertz CT molecular complexity index is 916. The maximum Gasteiger partial charge on any atom is 0.273 e. The van der Waals surface area contributed by atoms with Crippen LogP contribution in [0.4, 0.5) is 0 Å². The van der Waals surface area contributed by atoms with E-state index < -0.39 is 0 Å². The molecule has 2 aromatic carbocycles. The SMILES string of the molecule is O=C(c1nccc2ccccc12)N1CCC(OCCOc2ccccc2)CC1. The molecule has 5 heteroatoms. The van der Waals surface area contributed by atoms with Crippen molar-refractivity contribution in [2.24, 2.45) is 0 Å². The van der Waals surface area contributed by atoms with Gasteiger partial charge in [0.1, 0.15) is 18.1 Å². The lowest BCUT2D eigenvalue weighted by Gasteiger charge is -2.32. The molecule has 0 unspecified atom stereocenters. The largest absolute Gasteiger partial charge is 0.491 e. The number of hydrogen-bond acceptors (Lipinski definition) is 4. The van der Waals surface area contributed by atoms with Crippen molar-refractivity contribution in [3.63, 3.8) is 0 Å². The van der Waals surface area contributed by atoms with Crippen molar-refractivity contribution in [2.45, 2.75) is 18.9 Å². The van der Waals surface area contributed by atoms with E-state index >= 15 is 0 Å². The van der Waals surface area contributed by atoms with Crippen LogP contribution in [0.3, 0.4) is 0 Å². The molecule has 0 radical (unpaired) electrons. The molecule has 0 atom stereocenters. The van der Waals surface area contributed by atoms with Crippen molar-refractivity contribution in [3.05, 3.63) is 72.6 Å². The Balaban J connectivity index is 1.26. The molecule has 2 heterocycles. The molecule has 0 N–H and O–H groups in total. The molecule has 0 bridgehead atoms. The van der Waals surface area contributed by atoms with E-state index in [1.54, 1.807) is 6.20 Å². The first-order chi connectivity index (χ1) is 13.8. The summed E-state index contributed by atoms with van der Waals surface area (Å²) in [4.78, 5) is 19.2. The number of nitrogens with zero attached hydrogens (tertiary/aromatic N) is 2. The molecular formula is C23H24N2O3. The minimum Gasteiger partial charge on any atom is -0.491 e. The van der Waals surface area contributed by atoms with Gasteiger partial charge in [0, 0.05) is 24.7 Å². The van der Waals surface area contributed by atoms with Gasteiger partial charge in [0.15, 0.2) is 0 Å². The van der Waals surface area contributed by atoms with E-state index in [1.807, 2.05) is 65.6 Å². The summed E-state index contributed by atoms with van der Waals surface area (Å²) in [5, 5.41) is 1.95. The highest BCUT2D eigenvalue weighted by Gasteiger charge is 2.25. The van der Waals surface area contributed by atoms with Gasteiger partial charge in [-0.2, -0.15) is 0 Å². The number of likely N-dealkylation sites (tertiary alicyclic amines) is 1. The molecule has 1 amide bonds. The number of carbonyl (C=O) groups excluding carboxylic acids is 1. The maximum atomic E-state index is 12.9. The normalized spacial score (nSPS) is 14.9. The lowest BCUT2D eigenvalue weighted by molar-refractivity contribution is -0.00245. The van der Waals surface area contributed by atoms with Crippen LogP contribution < -0.4 is 4.74 Å². The van der Waals surface area contributed by atoms with Crippen molar-refractivity contribution in [1.29, 1.82) is 0 Å². The predicted octanol–water partition coefficient (Wildman–Crippen LogP) is 3.94. The number of para-hydroxylation sites is 1. The highest BCUT2D eigenvalue weighted by atomic mass is 16.5. The summed E-state index contributed by atoms with van der Waals surface area (Å²) in [5.41, 5.74) is 0.536. The van der Waals surface area contributed by atoms with Gasteiger partial charge in [0.2, 0.25) is 0 Å². The molecule has 144 valence electrons. The highest BCUT2D eigenvalue weighted by molar-refractivity contribution is 6.05. The van der Waals surface area contributed by atoms with Crippen LogP contribution in [0.15, 0.2) is 66.9 Å². The number of ether oxygens (including phenoxy) is 2. The summed E-state index contributed by atoms with van der Waals surface area (Å²) >= 11 is 0. The molecule has 1 aliphatic heterocycles. The zero-order valence-corrected chi connectivity index (χ0v) is 15.8. The van der Waals surface area contributed by atoms with Gasteiger partial charge in [-0.05, 0) is 36.4 Å². The van der Waals surface area contributed by atoms with Gasteiger partial charge >= 0.3 is 0 Å². The van der Waals surface area contributed by atoms with Crippen molar-refractivity contribution in [3.8, 4) is 5.75 Å². The molecule has 1 aromatic heterocycles. The van der Waals surface area contributed by atoms with E-state index in [-0.39, 0.29) is 12.0 Å². The van der Waals surface area contributed by atoms with Crippen LogP contribution in [0.5, 0.6) is 5.75 Å². The molecule has 5 nitrogen and oxygen atoms in total. The van der Waals surface area contributed by atoms with Gasteiger partial charge in [-0.1, -0.05) is 42.5 Å². The molecule has 3 aromatic rings. The van der Waals surface area contributed by atoms with Gasteiger partial charge < -0.3 is 14.4 Å². The number of piperidine rings is 1. The van der Waals surface area contributed by atoms with E-state index in [1.165, 1.54) is 0 Å². The number of aromatic nitrogens is 1.